The van der Waals surface area contributed by atoms with Gasteiger partial charge in [0.2, 0.25) is 11.8 Å². The van der Waals surface area contributed by atoms with Gasteiger partial charge in [0, 0.05) is 5.56 Å². The Labute approximate surface area is 207 Å². The average molecular weight is 500 g/mol. The molecule has 2 aliphatic rings. The molecule has 6 nitrogen and oxygen atoms in total. The number of halogens is 3. The summed E-state index contributed by atoms with van der Waals surface area (Å²) >= 11 is 0. The first kappa shape index (κ1) is 25.5. The van der Waals surface area contributed by atoms with Crippen molar-refractivity contribution >= 4 is 23.4 Å². The number of allylic oxidation sites excluding steroid dienone is 2. The highest BCUT2D eigenvalue weighted by atomic mass is 19.4. The standard InChI is InChI=1S/C27H28F3N3O3/c1-26(2,3)22(16-8-6-10-18(14-16)27(28,29)30)31-23(34)17-9-7-11-19(15-17)33-25(36)21-13-5-4-12-20(21)24(35)32-33/h4-11,14-15,20-22H,12-13H2,1-3H3,(H,31,34)(H,32,35). The van der Waals surface area contributed by atoms with Gasteiger partial charge in [-0.3, -0.25) is 19.8 Å². The van der Waals surface area contributed by atoms with E-state index in [2.05, 4.69) is 10.7 Å². The third-order valence-electron chi connectivity index (χ3n) is 6.58. The third-order valence-corrected chi connectivity index (χ3v) is 6.58. The SMILES string of the molecule is CC(C)(C)C(NC(=O)c1cccc(N2NC(=O)C3CC=CCC3C2=O)c1)c1cccc(C(F)(F)F)c1. The van der Waals surface area contributed by atoms with Gasteiger partial charge in [-0.05, 0) is 54.2 Å². The van der Waals surface area contributed by atoms with Crippen molar-refractivity contribution in [2.24, 2.45) is 17.3 Å². The zero-order valence-electron chi connectivity index (χ0n) is 20.2. The van der Waals surface area contributed by atoms with Gasteiger partial charge in [-0.25, -0.2) is 5.01 Å². The lowest BCUT2D eigenvalue weighted by atomic mass is 9.80. The van der Waals surface area contributed by atoms with Gasteiger partial charge >= 0.3 is 6.18 Å². The summed E-state index contributed by atoms with van der Waals surface area (Å²) in [5.41, 5.74) is 2.11. The van der Waals surface area contributed by atoms with E-state index in [4.69, 9.17) is 0 Å². The molecule has 1 aliphatic carbocycles. The molecule has 1 fully saturated rings. The van der Waals surface area contributed by atoms with Gasteiger partial charge in [-0.2, -0.15) is 13.2 Å². The summed E-state index contributed by atoms with van der Waals surface area (Å²) < 4.78 is 39.9. The zero-order chi connectivity index (χ0) is 26.3. The molecular weight excluding hydrogens is 471 g/mol. The normalized spacial score (nSPS) is 21.0. The molecule has 190 valence electrons. The molecule has 2 N–H and O–H groups in total. The molecule has 3 amide bonds. The highest BCUT2D eigenvalue weighted by molar-refractivity contribution is 6.05. The fourth-order valence-corrected chi connectivity index (χ4v) is 4.68. The minimum Gasteiger partial charge on any atom is -0.345 e. The van der Waals surface area contributed by atoms with E-state index in [0.29, 0.717) is 24.1 Å². The lowest BCUT2D eigenvalue weighted by molar-refractivity contribution is -0.140. The summed E-state index contributed by atoms with van der Waals surface area (Å²) in [5.74, 6) is -1.89. The van der Waals surface area contributed by atoms with Gasteiger partial charge < -0.3 is 5.32 Å². The molecule has 1 aliphatic heterocycles. The van der Waals surface area contributed by atoms with Gasteiger partial charge in [-0.15, -0.1) is 0 Å². The topological polar surface area (TPSA) is 78.5 Å². The van der Waals surface area contributed by atoms with Crippen LogP contribution in [0.2, 0.25) is 0 Å². The van der Waals surface area contributed by atoms with E-state index in [-0.39, 0.29) is 17.4 Å². The third kappa shape index (κ3) is 5.15. The van der Waals surface area contributed by atoms with Crippen LogP contribution in [0.4, 0.5) is 18.9 Å². The molecule has 3 atom stereocenters. The van der Waals surface area contributed by atoms with Crippen LogP contribution < -0.4 is 15.8 Å². The van der Waals surface area contributed by atoms with Gasteiger partial charge in [0.15, 0.2) is 0 Å². The number of carbonyl (C=O) groups is 3. The quantitative estimate of drug-likeness (QED) is 0.569. The van der Waals surface area contributed by atoms with Crippen LogP contribution in [-0.2, 0) is 15.8 Å². The van der Waals surface area contributed by atoms with Gasteiger partial charge in [0.25, 0.3) is 5.91 Å². The van der Waals surface area contributed by atoms with Crippen molar-refractivity contribution < 1.29 is 27.6 Å². The molecule has 0 saturated carbocycles. The molecule has 0 spiro atoms. The smallest absolute Gasteiger partial charge is 0.345 e. The molecule has 2 aromatic carbocycles. The molecule has 0 radical (unpaired) electrons. The maximum Gasteiger partial charge on any atom is 0.416 e. The molecule has 3 unspecified atom stereocenters. The number of hydrogen-bond donors (Lipinski definition) is 2. The second-order valence-electron chi connectivity index (χ2n) is 10.3. The van der Waals surface area contributed by atoms with Crippen LogP contribution in [0.15, 0.2) is 60.7 Å². The molecule has 2 aromatic rings. The fraction of sp³-hybridized carbons (Fsp3) is 0.370. The number of rotatable bonds is 4. The first-order valence-electron chi connectivity index (χ1n) is 11.7. The number of benzene rings is 2. The molecule has 9 heteroatoms. The van der Waals surface area contributed by atoms with Crippen LogP contribution in [0.25, 0.3) is 0 Å². The number of fused-ring (bicyclic) bond motifs is 1. The summed E-state index contributed by atoms with van der Waals surface area (Å²) in [6.07, 6.45) is 0.250. The lowest BCUT2D eigenvalue weighted by Gasteiger charge is -2.38. The fourth-order valence-electron chi connectivity index (χ4n) is 4.68. The van der Waals surface area contributed by atoms with Crippen molar-refractivity contribution in [3.05, 3.63) is 77.4 Å². The minimum absolute atomic E-state index is 0.210. The number of anilines is 1. The maximum atomic E-state index is 13.3. The predicted octanol–water partition coefficient (Wildman–Crippen LogP) is 5.18. The van der Waals surface area contributed by atoms with E-state index in [1.165, 1.54) is 17.1 Å². The molecule has 4 rings (SSSR count). The first-order chi connectivity index (χ1) is 16.9. The van der Waals surface area contributed by atoms with E-state index in [1.807, 2.05) is 32.9 Å². The highest BCUT2D eigenvalue weighted by Crippen LogP contribution is 2.37. The van der Waals surface area contributed by atoms with Crippen LogP contribution in [0, 0.1) is 17.3 Å². The Morgan fingerprint density at radius 1 is 1.00 bits per heavy atom. The Balaban J connectivity index is 1.59. The number of alkyl halides is 3. The van der Waals surface area contributed by atoms with Crippen LogP contribution in [0.5, 0.6) is 0 Å². The number of amides is 3. The van der Waals surface area contributed by atoms with Gasteiger partial charge in [0.05, 0.1) is 29.1 Å². The Kier molecular flexibility index (Phi) is 6.68. The maximum absolute atomic E-state index is 13.3. The number of nitrogens with zero attached hydrogens (tertiary/aromatic N) is 1. The summed E-state index contributed by atoms with van der Waals surface area (Å²) in [6.45, 7) is 5.47. The summed E-state index contributed by atoms with van der Waals surface area (Å²) in [6, 6.07) is 10.4. The first-order valence-corrected chi connectivity index (χ1v) is 11.7. The van der Waals surface area contributed by atoms with Crippen molar-refractivity contribution in [1.82, 2.24) is 10.7 Å². The Morgan fingerprint density at radius 3 is 2.33 bits per heavy atom. The van der Waals surface area contributed by atoms with Gasteiger partial charge in [0.1, 0.15) is 0 Å². The molecule has 0 bridgehead atoms. The zero-order valence-corrected chi connectivity index (χ0v) is 20.2. The van der Waals surface area contributed by atoms with Crippen LogP contribution in [-0.4, -0.2) is 17.7 Å². The number of hydrogen-bond acceptors (Lipinski definition) is 3. The van der Waals surface area contributed by atoms with Crippen LogP contribution in [0.3, 0.4) is 0 Å². The Morgan fingerprint density at radius 2 is 1.67 bits per heavy atom. The van der Waals surface area contributed by atoms with Crippen LogP contribution in [0.1, 0.15) is 61.1 Å². The minimum atomic E-state index is -4.50. The van der Waals surface area contributed by atoms with Crippen molar-refractivity contribution in [1.29, 1.82) is 0 Å². The Hall–Kier alpha value is -3.62. The largest absolute Gasteiger partial charge is 0.416 e. The number of hydrazine groups is 1. The predicted molar refractivity (Wildman–Crippen MR) is 129 cm³/mol. The molecule has 36 heavy (non-hydrogen) atoms. The van der Waals surface area contributed by atoms with Crippen molar-refractivity contribution in [2.75, 3.05) is 5.01 Å². The second kappa shape index (κ2) is 9.44. The lowest BCUT2D eigenvalue weighted by Crippen LogP contribution is -2.59. The second-order valence-corrected chi connectivity index (χ2v) is 10.3. The molecule has 0 aromatic heterocycles. The number of nitrogens with one attached hydrogen (secondary N) is 2. The van der Waals surface area contributed by atoms with Crippen molar-refractivity contribution in [3.63, 3.8) is 0 Å². The molecule has 1 saturated heterocycles. The summed E-state index contributed by atoms with van der Waals surface area (Å²) in [5, 5.41) is 4.03. The summed E-state index contributed by atoms with van der Waals surface area (Å²) in [7, 11) is 0. The average Bonchev–Trinajstić information content (AvgIpc) is 2.83. The van der Waals surface area contributed by atoms with E-state index in [9.17, 15) is 27.6 Å². The molecule has 1 heterocycles. The van der Waals surface area contributed by atoms with E-state index in [0.717, 1.165) is 12.1 Å². The summed E-state index contributed by atoms with van der Waals surface area (Å²) in [4.78, 5) is 38.9. The van der Waals surface area contributed by atoms with Crippen molar-refractivity contribution in [3.8, 4) is 0 Å². The van der Waals surface area contributed by atoms with Gasteiger partial charge in [-0.1, -0.05) is 51.1 Å². The Bertz CT molecular complexity index is 1220. The number of carbonyl (C=O) groups excluding carboxylic acids is 3. The van der Waals surface area contributed by atoms with E-state index in [1.54, 1.807) is 24.3 Å². The molecular formula is C27H28F3N3O3. The van der Waals surface area contributed by atoms with Crippen molar-refractivity contribution in [2.45, 2.75) is 45.8 Å². The highest BCUT2D eigenvalue weighted by Gasteiger charge is 2.42. The monoisotopic (exact) mass is 499 g/mol. The van der Waals surface area contributed by atoms with Crippen LogP contribution >= 0.6 is 0 Å². The van der Waals surface area contributed by atoms with E-state index >= 15 is 0 Å². The van der Waals surface area contributed by atoms with E-state index < -0.39 is 40.9 Å².